The highest BCUT2D eigenvalue weighted by molar-refractivity contribution is 6.28. The summed E-state index contributed by atoms with van der Waals surface area (Å²) in [5, 5.41) is 3.35. The second kappa shape index (κ2) is 5.16. The summed E-state index contributed by atoms with van der Waals surface area (Å²) < 4.78 is 3.74. The lowest BCUT2D eigenvalue weighted by atomic mass is 10.3. The summed E-state index contributed by atoms with van der Waals surface area (Å²) in [7, 11) is 0. The molecule has 0 aliphatic heterocycles. The number of rotatable bonds is 3. The molecular formula is C15H11ClN6. The molecule has 0 bridgehead atoms. The van der Waals surface area contributed by atoms with Crippen molar-refractivity contribution in [2.24, 2.45) is 0 Å². The standard InChI is InChI=1S/C15H11ClN6/c16-14-19-13-7-4-8-22(13)15(20-14)18-12-9-21(10-17-12)11-5-2-1-3-6-11/h1-10H,(H,18,19,20). The zero-order valence-electron chi connectivity index (χ0n) is 11.4. The molecule has 0 saturated heterocycles. The average Bonchev–Trinajstić information content (AvgIpc) is 3.17. The first-order valence-electron chi connectivity index (χ1n) is 6.67. The van der Waals surface area contributed by atoms with Crippen LogP contribution in [-0.2, 0) is 0 Å². The van der Waals surface area contributed by atoms with Crippen LogP contribution in [0, 0.1) is 0 Å². The van der Waals surface area contributed by atoms with Crippen LogP contribution < -0.4 is 5.32 Å². The lowest BCUT2D eigenvalue weighted by Gasteiger charge is -2.06. The normalized spacial score (nSPS) is 11.0. The average molecular weight is 311 g/mol. The van der Waals surface area contributed by atoms with Crippen LogP contribution >= 0.6 is 11.6 Å². The Balaban J connectivity index is 1.69. The molecule has 0 fully saturated rings. The Labute approximate surface area is 131 Å². The Kier molecular flexibility index (Phi) is 3.01. The molecule has 0 aliphatic rings. The molecule has 7 heteroatoms. The lowest BCUT2D eigenvalue weighted by molar-refractivity contribution is 1.03. The summed E-state index contributed by atoms with van der Waals surface area (Å²) in [5.41, 5.74) is 1.76. The highest BCUT2D eigenvalue weighted by atomic mass is 35.5. The van der Waals surface area contributed by atoms with Crippen molar-refractivity contribution in [2.45, 2.75) is 0 Å². The minimum absolute atomic E-state index is 0.191. The van der Waals surface area contributed by atoms with Gasteiger partial charge in [0.2, 0.25) is 11.2 Å². The monoisotopic (exact) mass is 310 g/mol. The number of nitrogens with zero attached hydrogens (tertiary/aromatic N) is 5. The Hall–Kier alpha value is -2.86. The number of halogens is 1. The van der Waals surface area contributed by atoms with E-state index in [1.54, 1.807) is 6.33 Å². The van der Waals surface area contributed by atoms with Crippen LogP contribution in [-0.4, -0.2) is 23.9 Å². The second-order valence-electron chi connectivity index (χ2n) is 4.68. The van der Waals surface area contributed by atoms with Gasteiger partial charge in [-0.1, -0.05) is 18.2 Å². The number of anilines is 2. The Morgan fingerprint density at radius 2 is 1.86 bits per heavy atom. The van der Waals surface area contributed by atoms with Crippen molar-refractivity contribution in [1.29, 1.82) is 0 Å². The largest absolute Gasteiger partial charge is 0.309 e. The van der Waals surface area contributed by atoms with Crippen LogP contribution in [0.1, 0.15) is 0 Å². The quantitative estimate of drug-likeness (QED) is 0.630. The first-order chi connectivity index (χ1) is 10.8. The van der Waals surface area contributed by atoms with E-state index < -0.39 is 0 Å². The molecule has 0 atom stereocenters. The molecule has 0 saturated carbocycles. The van der Waals surface area contributed by atoms with E-state index in [4.69, 9.17) is 11.6 Å². The van der Waals surface area contributed by atoms with Gasteiger partial charge in [-0.2, -0.15) is 9.97 Å². The molecule has 0 aliphatic carbocycles. The van der Waals surface area contributed by atoms with Crippen molar-refractivity contribution >= 4 is 29.0 Å². The van der Waals surface area contributed by atoms with Gasteiger partial charge in [0.15, 0.2) is 5.82 Å². The van der Waals surface area contributed by atoms with E-state index in [0.717, 1.165) is 11.3 Å². The Morgan fingerprint density at radius 1 is 1.00 bits per heavy atom. The molecule has 3 heterocycles. The van der Waals surface area contributed by atoms with E-state index in [1.165, 1.54) is 0 Å². The van der Waals surface area contributed by atoms with Gasteiger partial charge in [0, 0.05) is 11.9 Å². The fourth-order valence-corrected chi connectivity index (χ4v) is 2.40. The van der Waals surface area contributed by atoms with Gasteiger partial charge in [-0.25, -0.2) is 4.98 Å². The third-order valence-corrected chi connectivity index (χ3v) is 3.41. The van der Waals surface area contributed by atoms with Crippen LogP contribution in [0.2, 0.25) is 5.28 Å². The van der Waals surface area contributed by atoms with Crippen molar-refractivity contribution in [3.05, 3.63) is 66.5 Å². The van der Waals surface area contributed by atoms with Crippen molar-refractivity contribution in [3.63, 3.8) is 0 Å². The van der Waals surface area contributed by atoms with Crippen LogP contribution in [0.3, 0.4) is 0 Å². The number of hydrogen-bond acceptors (Lipinski definition) is 4. The number of aromatic nitrogens is 5. The highest BCUT2D eigenvalue weighted by Crippen LogP contribution is 2.18. The molecular weight excluding hydrogens is 300 g/mol. The molecule has 4 rings (SSSR count). The van der Waals surface area contributed by atoms with Crippen molar-refractivity contribution in [3.8, 4) is 5.69 Å². The van der Waals surface area contributed by atoms with Gasteiger partial charge in [0.05, 0.1) is 6.20 Å². The molecule has 6 nitrogen and oxygen atoms in total. The molecule has 1 aromatic carbocycles. The number of hydrogen-bond donors (Lipinski definition) is 1. The number of para-hydroxylation sites is 1. The fourth-order valence-electron chi connectivity index (χ4n) is 2.23. The molecule has 108 valence electrons. The Morgan fingerprint density at radius 3 is 2.73 bits per heavy atom. The minimum atomic E-state index is 0.191. The predicted octanol–water partition coefficient (Wildman–Crippen LogP) is 3.31. The lowest BCUT2D eigenvalue weighted by Crippen LogP contribution is -2.02. The van der Waals surface area contributed by atoms with Crippen molar-refractivity contribution < 1.29 is 0 Å². The first-order valence-corrected chi connectivity index (χ1v) is 7.04. The second-order valence-corrected chi connectivity index (χ2v) is 5.02. The van der Waals surface area contributed by atoms with Gasteiger partial charge in [-0.3, -0.25) is 4.40 Å². The minimum Gasteiger partial charge on any atom is -0.309 e. The van der Waals surface area contributed by atoms with Crippen LogP contribution in [0.15, 0.2) is 61.2 Å². The molecule has 0 spiro atoms. The summed E-state index contributed by atoms with van der Waals surface area (Å²) >= 11 is 5.95. The first kappa shape index (κ1) is 12.8. The third-order valence-electron chi connectivity index (χ3n) is 3.24. The van der Waals surface area contributed by atoms with Gasteiger partial charge in [0.25, 0.3) is 0 Å². The van der Waals surface area contributed by atoms with Crippen LogP contribution in [0.25, 0.3) is 11.3 Å². The van der Waals surface area contributed by atoms with E-state index in [0.29, 0.717) is 11.8 Å². The van der Waals surface area contributed by atoms with Crippen LogP contribution in [0.5, 0.6) is 0 Å². The summed E-state index contributed by atoms with van der Waals surface area (Å²) in [6.07, 6.45) is 5.50. The molecule has 1 N–H and O–H groups in total. The summed E-state index contributed by atoms with van der Waals surface area (Å²) in [4.78, 5) is 12.7. The van der Waals surface area contributed by atoms with E-state index in [2.05, 4.69) is 20.3 Å². The van der Waals surface area contributed by atoms with Gasteiger partial charge < -0.3 is 9.88 Å². The molecule has 0 radical (unpaired) electrons. The zero-order valence-corrected chi connectivity index (χ0v) is 12.1. The number of benzene rings is 1. The van der Waals surface area contributed by atoms with E-state index in [1.807, 2.05) is 63.8 Å². The highest BCUT2D eigenvalue weighted by Gasteiger charge is 2.08. The molecule has 4 aromatic rings. The smallest absolute Gasteiger partial charge is 0.227 e. The summed E-state index contributed by atoms with van der Waals surface area (Å²) in [5.74, 6) is 1.24. The van der Waals surface area contributed by atoms with E-state index >= 15 is 0 Å². The van der Waals surface area contributed by atoms with Crippen molar-refractivity contribution in [1.82, 2.24) is 23.9 Å². The predicted molar refractivity (Wildman–Crippen MR) is 84.8 cm³/mol. The summed E-state index contributed by atoms with van der Waals surface area (Å²) in [6.45, 7) is 0. The van der Waals surface area contributed by atoms with E-state index in [9.17, 15) is 0 Å². The number of imidazole rings is 1. The SMILES string of the molecule is Clc1nc(Nc2cn(-c3ccccc3)cn2)n2cccc2n1. The number of nitrogens with one attached hydrogen (secondary N) is 1. The maximum Gasteiger partial charge on any atom is 0.227 e. The van der Waals surface area contributed by atoms with Crippen molar-refractivity contribution in [2.75, 3.05) is 5.32 Å². The van der Waals surface area contributed by atoms with Gasteiger partial charge in [0.1, 0.15) is 12.0 Å². The fraction of sp³-hybridized carbons (Fsp3) is 0. The van der Waals surface area contributed by atoms with Crippen LogP contribution in [0.4, 0.5) is 11.8 Å². The molecule has 0 amide bonds. The van der Waals surface area contributed by atoms with Gasteiger partial charge in [-0.05, 0) is 35.9 Å². The van der Waals surface area contributed by atoms with E-state index in [-0.39, 0.29) is 5.28 Å². The zero-order chi connectivity index (χ0) is 14.9. The Bertz CT molecular complexity index is 928. The van der Waals surface area contributed by atoms with Gasteiger partial charge >= 0.3 is 0 Å². The molecule has 3 aromatic heterocycles. The summed E-state index contributed by atoms with van der Waals surface area (Å²) in [6, 6.07) is 13.7. The number of fused-ring (bicyclic) bond motifs is 1. The molecule has 0 unspecified atom stereocenters. The topological polar surface area (TPSA) is 60.0 Å². The van der Waals surface area contributed by atoms with Gasteiger partial charge in [-0.15, -0.1) is 0 Å². The maximum atomic E-state index is 5.95. The maximum absolute atomic E-state index is 5.95. The molecule has 22 heavy (non-hydrogen) atoms. The third kappa shape index (κ3) is 2.29.